The summed E-state index contributed by atoms with van der Waals surface area (Å²) in [4.78, 5) is 7.36. The van der Waals surface area contributed by atoms with Crippen molar-refractivity contribution in [3.05, 3.63) is 51.5 Å². The van der Waals surface area contributed by atoms with E-state index in [9.17, 15) is 0 Å². The Morgan fingerprint density at radius 3 is 2.70 bits per heavy atom. The molecule has 0 fully saturated rings. The number of hydrogen-bond donors (Lipinski definition) is 0. The Labute approximate surface area is 128 Å². The van der Waals surface area contributed by atoms with Crippen LogP contribution >= 0.6 is 22.9 Å². The second-order valence-corrected chi connectivity index (χ2v) is 6.73. The first kappa shape index (κ1) is 13.7. The average molecular weight is 305 g/mol. The molecule has 2 heterocycles. The predicted octanol–water partition coefficient (Wildman–Crippen LogP) is 5.06. The Morgan fingerprint density at radius 2 is 2.05 bits per heavy atom. The van der Waals surface area contributed by atoms with Crippen LogP contribution < -0.4 is 0 Å². The van der Waals surface area contributed by atoms with Gasteiger partial charge in [-0.2, -0.15) is 0 Å². The normalized spacial score (nSPS) is 13.0. The van der Waals surface area contributed by atoms with E-state index >= 15 is 0 Å². The van der Waals surface area contributed by atoms with Crippen molar-refractivity contribution in [1.29, 1.82) is 0 Å². The molecule has 0 radical (unpaired) electrons. The number of aromatic nitrogens is 2. The quantitative estimate of drug-likeness (QED) is 0.618. The maximum Gasteiger partial charge on any atom is 0.125 e. The number of halogens is 1. The summed E-state index contributed by atoms with van der Waals surface area (Å²) in [5.74, 6) is 1.37. The SMILES string of the molecule is Cc1ccc2c(c1)nc(CCl)n2C(C)c1ccc(C)s1. The molecule has 0 amide bonds. The van der Waals surface area contributed by atoms with E-state index in [1.165, 1.54) is 15.3 Å². The van der Waals surface area contributed by atoms with E-state index in [2.05, 4.69) is 60.7 Å². The Kier molecular flexibility index (Phi) is 3.57. The largest absolute Gasteiger partial charge is 0.319 e. The van der Waals surface area contributed by atoms with Gasteiger partial charge in [-0.3, -0.25) is 0 Å². The van der Waals surface area contributed by atoms with Crippen LogP contribution in [-0.2, 0) is 5.88 Å². The Hall–Kier alpha value is -1.32. The molecule has 104 valence electrons. The van der Waals surface area contributed by atoms with Gasteiger partial charge in [0, 0.05) is 9.75 Å². The van der Waals surface area contributed by atoms with Crippen LogP contribution in [0.2, 0.25) is 0 Å². The summed E-state index contributed by atoms with van der Waals surface area (Å²) < 4.78 is 2.26. The molecule has 20 heavy (non-hydrogen) atoms. The zero-order valence-corrected chi connectivity index (χ0v) is 13.4. The molecule has 2 aromatic heterocycles. The highest BCUT2D eigenvalue weighted by Gasteiger charge is 2.17. The first-order chi connectivity index (χ1) is 9.60. The highest BCUT2D eigenvalue weighted by atomic mass is 35.5. The fourth-order valence-electron chi connectivity index (χ4n) is 2.59. The van der Waals surface area contributed by atoms with Crippen molar-refractivity contribution < 1.29 is 0 Å². The Morgan fingerprint density at radius 1 is 1.25 bits per heavy atom. The summed E-state index contributed by atoms with van der Waals surface area (Å²) in [6, 6.07) is 11.0. The molecule has 0 spiro atoms. The van der Waals surface area contributed by atoms with E-state index in [1.807, 2.05) is 11.3 Å². The lowest BCUT2D eigenvalue weighted by Crippen LogP contribution is -2.08. The van der Waals surface area contributed by atoms with Gasteiger partial charge < -0.3 is 4.57 Å². The van der Waals surface area contributed by atoms with Gasteiger partial charge in [0.25, 0.3) is 0 Å². The van der Waals surface area contributed by atoms with Crippen LogP contribution in [0.1, 0.15) is 34.1 Å². The van der Waals surface area contributed by atoms with Crippen LogP contribution in [0.4, 0.5) is 0 Å². The Balaban J connectivity index is 2.18. The van der Waals surface area contributed by atoms with Gasteiger partial charge in [0.1, 0.15) is 5.82 Å². The van der Waals surface area contributed by atoms with Crippen LogP contribution in [0.15, 0.2) is 30.3 Å². The van der Waals surface area contributed by atoms with Gasteiger partial charge >= 0.3 is 0 Å². The second kappa shape index (κ2) is 5.23. The third-order valence-corrected chi connectivity index (χ3v) is 5.01. The second-order valence-electron chi connectivity index (χ2n) is 5.15. The van der Waals surface area contributed by atoms with E-state index in [0.29, 0.717) is 5.88 Å². The number of thiophene rings is 1. The average Bonchev–Trinajstić information content (AvgIpc) is 3.00. The summed E-state index contributed by atoms with van der Waals surface area (Å²) in [6.07, 6.45) is 0. The van der Waals surface area contributed by atoms with E-state index in [-0.39, 0.29) is 6.04 Å². The maximum absolute atomic E-state index is 6.10. The van der Waals surface area contributed by atoms with Crippen LogP contribution in [-0.4, -0.2) is 9.55 Å². The number of benzene rings is 1. The van der Waals surface area contributed by atoms with Crippen molar-refractivity contribution >= 4 is 34.0 Å². The van der Waals surface area contributed by atoms with Crippen molar-refractivity contribution in [3.8, 4) is 0 Å². The molecular weight excluding hydrogens is 288 g/mol. The number of imidazole rings is 1. The molecule has 0 saturated carbocycles. The fourth-order valence-corrected chi connectivity index (χ4v) is 3.70. The van der Waals surface area contributed by atoms with E-state index in [0.717, 1.165) is 16.9 Å². The molecule has 0 aliphatic heterocycles. The zero-order valence-electron chi connectivity index (χ0n) is 11.9. The molecule has 0 N–H and O–H groups in total. The highest BCUT2D eigenvalue weighted by molar-refractivity contribution is 7.12. The van der Waals surface area contributed by atoms with Gasteiger partial charge in [-0.05, 0) is 50.6 Å². The number of rotatable bonds is 3. The van der Waals surface area contributed by atoms with Gasteiger partial charge in [0.15, 0.2) is 0 Å². The molecule has 0 bridgehead atoms. The lowest BCUT2D eigenvalue weighted by Gasteiger charge is -2.15. The minimum Gasteiger partial charge on any atom is -0.319 e. The monoisotopic (exact) mass is 304 g/mol. The number of fused-ring (bicyclic) bond motifs is 1. The summed E-state index contributed by atoms with van der Waals surface area (Å²) in [7, 11) is 0. The summed E-state index contributed by atoms with van der Waals surface area (Å²) >= 11 is 7.93. The summed E-state index contributed by atoms with van der Waals surface area (Å²) in [5.41, 5.74) is 3.41. The van der Waals surface area contributed by atoms with Gasteiger partial charge in [-0.15, -0.1) is 22.9 Å². The minimum absolute atomic E-state index is 0.259. The molecule has 1 atom stereocenters. The Bertz CT molecular complexity index is 757. The lowest BCUT2D eigenvalue weighted by molar-refractivity contribution is 0.644. The van der Waals surface area contributed by atoms with E-state index in [1.54, 1.807) is 0 Å². The standard InChI is InChI=1S/C16H17ClN2S/c1-10-4-6-14-13(8-10)18-16(9-17)19(14)12(3)15-7-5-11(2)20-15/h4-8,12H,9H2,1-3H3. The van der Waals surface area contributed by atoms with Gasteiger partial charge in [0.05, 0.1) is 23.0 Å². The number of aryl methyl sites for hydroxylation is 2. The minimum atomic E-state index is 0.259. The molecule has 3 aromatic rings. The summed E-state index contributed by atoms with van der Waals surface area (Å²) in [6.45, 7) is 6.44. The zero-order chi connectivity index (χ0) is 14.3. The molecule has 4 heteroatoms. The first-order valence-corrected chi connectivity index (χ1v) is 8.05. The molecule has 2 nitrogen and oxygen atoms in total. The van der Waals surface area contributed by atoms with Crippen LogP contribution in [0.5, 0.6) is 0 Å². The topological polar surface area (TPSA) is 17.8 Å². The van der Waals surface area contributed by atoms with Crippen molar-refractivity contribution in [2.75, 3.05) is 0 Å². The molecule has 0 aliphatic carbocycles. The molecule has 1 aromatic carbocycles. The predicted molar refractivity (Wildman–Crippen MR) is 86.9 cm³/mol. The van der Waals surface area contributed by atoms with Crippen molar-refractivity contribution in [3.63, 3.8) is 0 Å². The van der Waals surface area contributed by atoms with Crippen LogP contribution in [0.3, 0.4) is 0 Å². The molecule has 0 saturated heterocycles. The van der Waals surface area contributed by atoms with Crippen LogP contribution in [0, 0.1) is 13.8 Å². The van der Waals surface area contributed by atoms with E-state index < -0.39 is 0 Å². The van der Waals surface area contributed by atoms with Crippen molar-refractivity contribution in [1.82, 2.24) is 9.55 Å². The fraction of sp³-hybridized carbons (Fsp3) is 0.312. The molecule has 1 unspecified atom stereocenters. The third-order valence-electron chi connectivity index (χ3n) is 3.60. The van der Waals surface area contributed by atoms with E-state index in [4.69, 9.17) is 11.6 Å². The van der Waals surface area contributed by atoms with Gasteiger partial charge in [0.2, 0.25) is 0 Å². The van der Waals surface area contributed by atoms with Crippen molar-refractivity contribution in [2.45, 2.75) is 32.7 Å². The lowest BCUT2D eigenvalue weighted by atomic mass is 10.2. The highest BCUT2D eigenvalue weighted by Crippen LogP contribution is 2.31. The van der Waals surface area contributed by atoms with Crippen LogP contribution in [0.25, 0.3) is 11.0 Å². The number of hydrogen-bond acceptors (Lipinski definition) is 2. The number of nitrogens with zero attached hydrogens (tertiary/aromatic N) is 2. The molecular formula is C16H17ClN2S. The van der Waals surface area contributed by atoms with Gasteiger partial charge in [-0.1, -0.05) is 6.07 Å². The molecule has 3 rings (SSSR count). The first-order valence-electron chi connectivity index (χ1n) is 6.70. The van der Waals surface area contributed by atoms with Gasteiger partial charge in [-0.25, -0.2) is 4.98 Å². The van der Waals surface area contributed by atoms with Crippen molar-refractivity contribution in [2.24, 2.45) is 0 Å². The smallest absolute Gasteiger partial charge is 0.125 e. The maximum atomic E-state index is 6.10. The molecule has 0 aliphatic rings. The third kappa shape index (κ3) is 2.25. The summed E-state index contributed by atoms with van der Waals surface area (Å²) in [5, 5.41) is 0. The number of alkyl halides is 1.